The SMILES string of the molecule is NC1CCCN(c2c[nH+]no2)C1. The van der Waals surface area contributed by atoms with E-state index in [1.807, 2.05) is 0 Å². The van der Waals surface area contributed by atoms with Crippen molar-refractivity contribution in [2.24, 2.45) is 5.73 Å². The fourth-order valence-corrected chi connectivity index (χ4v) is 1.54. The molecule has 0 bridgehead atoms. The zero-order chi connectivity index (χ0) is 8.39. The van der Waals surface area contributed by atoms with Crippen LogP contribution in [0.4, 0.5) is 5.88 Å². The van der Waals surface area contributed by atoms with Gasteiger partial charge in [-0.05, 0) is 12.8 Å². The molecule has 5 heteroatoms. The molecule has 1 atom stereocenters. The van der Waals surface area contributed by atoms with Gasteiger partial charge in [-0.1, -0.05) is 5.10 Å². The Labute approximate surface area is 70.5 Å². The molecule has 0 aliphatic carbocycles. The van der Waals surface area contributed by atoms with Crippen LogP contribution in [0.25, 0.3) is 0 Å². The summed E-state index contributed by atoms with van der Waals surface area (Å²) in [6.45, 7) is 1.87. The number of nitrogens with two attached hydrogens (primary N) is 1. The third kappa shape index (κ3) is 1.40. The zero-order valence-corrected chi connectivity index (χ0v) is 6.86. The van der Waals surface area contributed by atoms with Gasteiger partial charge in [-0.2, -0.15) is 0 Å². The van der Waals surface area contributed by atoms with Gasteiger partial charge in [-0.3, -0.25) is 4.52 Å². The van der Waals surface area contributed by atoms with Crippen LogP contribution in [-0.2, 0) is 0 Å². The van der Waals surface area contributed by atoms with Gasteiger partial charge >= 0.3 is 0 Å². The molecule has 66 valence electrons. The smallest absolute Gasteiger partial charge is 0.298 e. The van der Waals surface area contributed by atoms with Crippen LogP contribution in [0.2, 0.25) is 0 Å². The molecule has 3 N–H and O–H groups in total. The number of H-pyrrole nitrogens is 1. The summed E-state index contributed by atoms with van der Waals surface area (Å²) in [5.41, 5.74) is 5.82. The van der Waals surface area contributed by atoms with E-state index < -0.39 is 0 Å². The number of nitrogens with one attached hydrogen (secondary N) is 1. The quantitative estimate of drug-likeness (QED) is 0.610. The second-order valence-electron chi connectivity index (χ2n) is 3.14. The number of hydrogen-bond donors (Lipinski definition) is 1. The van der Waals surface area contributed by atoms with Crippen molar-refractivity contribution in [3.05, 3.63) is 6.20 Å². The number of aromatic nitrogens is 2. The van der Waals surface area contributed by atoms with Crippen LogP contribution in [0.5, 0.6) is 0 Å². The topological polar surface area (TPSA) is 69.4 Å². The van der Waals surface area contributed by atoms with E-state index in [4.69, 9.17) is 10.3 Å². The van der Waals surface area contributed by atoms with Crippen molar-refractivity contribution in [2.45, 2.75) is 18.9 Å². The van der Waals surface area contributed by atoms with Gasteiger partial charge in [0.25, 0.3) is 12.1 Å². The molecule has 1 aromatic rings. The highest BCUT2D eigenvalue weighted by atomic mass is 16.5. The number of hydrogen-bond acceptors (Lipinski definition) is 4. The summed E-state index contributed by atoms with van der Waals surface area (Å²) in [5, 5.41) is 6.18. The van der Waals surface area contributed by atoms with Crippen LogP contribution in [-0.4, -0.2) is 24.4 Å². The van der Waals surface area contributed by atoms with E-state index in [1.54, 1.807) is 6.20 Å². The summed E-state index contributed by atoms with van der Waals surface area (Å²) in [7, 11) is 0. The Bertz CT molecular complexity index is 236. The highest BCUT2D eigenvalue weighted by Gasteiger charge is 2.20. The van der Waals surface area contributed by atoms with Gasteiger partial charge in [0.1, 0.15) is 0 Å². The van der Waals surface area contributed by atoms with Crippen molar-refractivity contribution >= 4 is 5.88 Å². The predicted molar refractivity (Wildman–Crippen MR) is 42.5 cm³/mol. The van der Waals surface area contributed by atoms with Crippen molar-refractivity contribution < 1.29 is 9.62 Å². The molecule has 1 saturated heterocycles. The molecule has 0 spiro atoms. The molecule has 1 aliphatic heterocycles. The predicted octanol–water partition coefficient (Wildman–Crippen LogP) is -0.584. The minimum atomic E-state index is 0.267. The lowest BCUT2D eigenvalue weighted by atomic mass is 10.1. The lowest BCUT2D eigenvalue weighted by molar-refractivity contribution is -0.471. The van der Waals surface area contributed by atoms with Gasteiger partial charge in [-0.15, -0.1) is 0 Å². The Morgan fingerprint density at radius 2 is 2.67 bits per heavy atom. The fraction of sp³-hybridized carbons (Fsp3) is 0.714. The van der Waals surface area contributed by atoms with E-state index in [0.717, 1.165) is 31.8 Å². The molecule has 2 rings (SSSR count). The summed E-state index contributed by atoms with van der Waals surface area (Å²) in [6, 6.07) is 0.267. The minimum Gasteiger partial charge on any atom is -0.334 e. The molecule has 12 heavy (non-hydrogen) atoms. The standard InChI is InChI=1S/C7H12N4O/c8-6-2-1-3-11(5-6)7-4-9-10-12-7/h4,6H,1-3,5,8H2/p+1. The number of nitrogens with zero attached hydrogens (tertiary/aromatic N) is 2. The van der Waals surface area contributed by atoms with Gasteiger partial charge in [0.15, 0.2) is 5.27 Å². The lowest BCUT2D eigenvalue weighted by Gasteiger charge is -2.28. The molecule has 1 unspecified atom stereocenters. The first kappa shape index (κ1) is 7.54. The Morgan fingerprint density at radius 1 is 1.75 bits per heavy atom. The molecule has 1 aliphatic rings. The van der Waals surface area contributed by atoms with Gasteiger partial charge in [-0.25, -0.2) is 0 Å². The summed E-state index contributed by atoms with van der Waals surface area (Å²) in [6.07, 6.45) is 3.98. The maximum absolute atomic E-state index is 5.82. The molecule has 0 aromatic carbocycles. The molecule has 1 fully saturated rings. The van der Waals surface area contributed by atoms with Crippen LogP contribution in [0, 0.1) is 0 Å². The Balaban J connectivity index is 2.04. The molecule has 2 heterocycles. The van der Waals surface area contributed by atoms with Crippen LogP contribution < -0.4 is 15.7 Å². The Morgan fingerprint density at radius 3 is 3.33 bits per heavy atom. The number of piperidine rings is 1. The van der Waals surface area contributed by atoms with Crippen molar-refractivity contribution in [2.75, 3.05) is 18.0 Å². The highest BCUT2D eigenvalue weighted by Crippen LogP contribution is 2.15. The van der Waals surface area contributed by atoms with Gasteiger partial charge in [0, 0.05) is 19.1 Å². The molecular weight excluding hydrogens is 156 g/mol. The first-order valence-corrected chi connectivity index (χ1v) is 4.19. The minimum absolute atomic E-state index is 0.267. The van der Waals surface area contributed by atoms with Crippen LogP contribution in [0.3, 0.4) is 0 Å². The van der Waals surface area contributed by atoms with Crippen LogP contribution in [0.1, 0.15) is 12.8 Å². The summed E-state index contributed by atoms with van der Waals surface area (Å²) < 4.78 is 4.99. The van der Waals surface area contributed by atoms with E-state index >= 15 is 0 Å². The van der Waals surface area contributed by atoms with E-state index in [9.17, 15) is 0 Å². The van der Waals surface area contributed by atoms with Gasteiger partial charge in [0.05, 0.1) is 0 Å². The highest BCUT2D eigenvalue weighted by molar-refractivity contribution is 5.30. The Hall–Kier alpha value is -1.10. The second kappa shape index (κ2) is 3.10. The van der Waals surface area contributed by atoms with Gasteiger partial charge < -0.3 is 10.6 Å². The lowest BCUT2D eigenvalue weighted by Crippen LogP contribution is -2.42. The summed E-state index contributed by atoms with van der Waals surface area (Å²) in [5.74, 6) is 0.783. The average molecular weight is 169 g/mol. The third-order valence-electron chi connectivity index (χ3n) is 2.15. The molecule has 5 nitrogen and oxygen atoms in total. The monoisotopic (exact) mass is 169 g/mol. The molecule has 0 radical (unpaired) electrons. The summed E-state index contributed by atoms with van der Waals surface area (Å²) >= 11 is 0. The largest absolute Gasteiger partial charge is 0.334 e. The first-order valence-electron chi connectivity index (χ1n) is 4.19. The number of rotatable bonds is 1. The van der Waals surface area contributed by atoms with Gasteiger partial charge in [0.2, 0.25) is 0 Å². The van der Waals surface area contributed by atoms with Crippen molar-refractivity contribution in [3.63, 3.8) is 0 Å². The van der Waals surface area contributed by atoms with Crippen LogP contribution in [0.15, 0.2) is 10.7 Å². The normalized spacial score (nSPS) is 24.4. The van der Waals surface area contributed by atoms with Crippen molar-refractivity contribution in [3.8, 4) is 0 Å². The first-order chi connectivity index (χ1) is 5.86. The van der Waals surface area contributed by atoms with E-state index in [-0.39, 0.29) is 6.04 Å². The molecule has 0 saturated carbocycles. The molecule has 1 aromatic heterocycles. The summed E-state index contributed by atoms with van der Waals surface area (Å²) in [4.78, 5) is 2.11. The number of aromatic amines is 1. The maximum atomic E-state index is 5.82. The van der Waals surface area contributed by atoms with E-state index in [2.05, 4.69) is 15.3 Å². The van der Waals surface area contributed by atoms with E-state index in [0.29, 0.717) is 0 Å². The van der Waals surface area contributed by atoms with E-state index in [1.165, 1.54) is 0 Å². The second-order valence-corrected chi connectivity index (χ2v) is 3.14. The maximum Gasteiger partial charge on any atom is 0.298 e. The zero-order valence-electron chi connectivity index (χ0n) is 6.86. The van der Waals surface area contributed by atoms with Crippen LogP contribution >= 0.6 is 0 Å². The average Bonchev–Trinajstić information content (AvgIpc) is 2.56. The number of anilines is 1. The molecular formula is C7H13N4O+. The van der Waals surface area contributed by atoms with Crippen molar-refractivity contribution in [1.82, 2.24) is 5.27 Å². The molecule has 0 amide bonds. The third-order valence-corrected chi connectivity index (χ3v) is 2.15. The van der Waals surface area contributed by atoms with Crippen molar-refractivity contribution in [1.29, 1.82) is 0 Å². The Kier molecular flexibility index (Phi) is 1.95. The fourth-order valence-electron chi connectivity index (χ4n) is 1.54.